The van der Waals surface area contributed by atoms with Crippen LogP contribution in [0.5, 0.6) is 0 Å². The Labute approximate surface area is 144 Å². The van der Waals surface area contributed by atoms with Crippen molar-refractivity contribution in [1.82, 2.24) is 0 Å². The minimum absolute atomic E-state index is 0.0325. The first-order valence-corrected chi connectivity index (χ1v) is 8.48. The maximum atomic E-state index is 11.5. The van der Waals surface area contributed by atoms with Gasteiger partial charge in [0.2, 0.25) is 5.91 Å². The molecule has 0 saturated carbocycles. The normalized spacial score (nSPS) is 15.9. The molecule has 3 rings (SSSR count). The van der Waals surface area contributed by atoms with Gasteiger partial charge >= 0.3 is 0 Å². The van der Waals surface area contributed by atoms with Crippen molar-refractivity contribution in [2.24, 2.45) is 5.41 Å². The van der Waals surface area contributed by atoms with Gasteiger partial charge in [-0.2, -0.15) is 0 Å². The van der Waals surface area contributed by atoms with Gasteiger partial charge in [0.05, 0.1) is 0 Å². The molecular weight excluding hydrogens is 294 g/mol. The third-order valence-electron chi connectivity index (χ3n) is 5.03. The number of rotatable bonds is 3. The summed E-state index contributed by atoms with van der Waals surface area (Å²) >= 11 is 0. The maximum absolute atomic E-state index is 11.5. The Balaban J connectivity index is 2.20. The molecule has 0 aliphatic heterocycles. The summed E-state index contributed by atoms with van der Waals surface area (Å²) in [6.45, 7) is 10.5. The van der Waals surface area contributed by atoms with Crippen molar-refractivity contribution in [2.45, 2.75) is 41.0 Å². The smallest absolute Gasteiger partial charge is 0.221 e. The Morgan fingerprint density at radius 2 is 1.67 bits per heavy atom. The minimum atomic E-state index is -0.0325. The summed E-state index contributed by atoms with van der Waals surface area (Å²) < 4.78 is 0. The molecule has 1 N–H and O–H groups in total. The average molecular weight is 319 g/mol. The number of carbonyl (C=O) groups is 1. The number of aryl methyl sites for hydroxylation is 1. The van der Waals surface area contributed by atoms with Crippen molar-refractivity contribution in [2.75, 3.05) is 5.32 Å². The summed E-state index contributed by atoms with van der Waals surface area (Å²) in [6, 6.07) is 14.6. The number of carbonyl (C=O) groups excluding carboxylic acids is 1. The number of allylic oxidation sites excluding steroid dienone is 2. The number of hydrogen-bond acceptors (Lipinski definition) is 1. The molecule has 0 saturated heterocycles. The molecule has 1 aliphatic carbocycles. The van der Waals surface area contributed by atoms with Crippen LogP contribution < -0.4 is 5.32 Å². The van der Waals surface area contributed by atoms with Gasteiger partial charge in [-0.1, -0.05) is 50.2 Å². The second-order valence-electron chi connectivity index (χ2n) is 7.39. The first kappa shape index (κ1) is 16.5. The molecule has 1 amide bonds. The van der Waals surface area contributed by atoms with Crippen molar-refractivity contribution in [3.8, 4) is 0 Å². The summed E-state index contributed by atoms with van der Waals surface area (Å²) in [5, 5.41) is 2.97. The molecule has 0 heterocycles. The van der Waals surface area contributed by atoms with Crippen LogP contribution in [0, 0.1) is 19.3 Å². The first-order valence-electron chi connectivity index (χ1n) is 8.48. The Morgan fingerprint density at radius 1 is 1.00 bits per heavy atom. The number of para-hydroxylation sites is 1. The van der Waals surface area contributed by atoms with E-state index in [-0.39, 0.29) is 11.3 Å². The Morgan fingerprint density at radius 3 is 2.33 bits per heavy atom. The van der Waals surface area contributed by atoms with E-state index in [1.54, 1.807) is 6.92 Å². The van der Waals surface area contributed by atoms with Crippen molar-refractivity contribution >= 4 is 22.7 Å². The predicted molar refractivity (Wildman–Crippen MR) is 102 cm³/mol. The van der Waals surface area contributed by atoms with E-state index in [4.69, 9.17) is 0 Å². The third kappa shape index (κ3) is 2.77. The zero-order valence-electron chi connectivity index (χ0n) is 15.2. The van der Waals surface area contributed by atoms with Crippen molar-refractivity contribution < 1.29 is 4.79 Å². The highest BCUT2D eigenvalue weighted by Crippen LogP contribution is 2.57. The van der Waals surface area contributed by atoms with Gasteiger partial charge in [-0.25, -0.2) is 0 Å². The topological polar surface area (TPSA) is 29.1 Å². The molecule has 124 valence electrons. The van der Waals surface area contributed by atoms with Gasteiger partial charge in [0.15, 0.2) is 0 Å². The van der Waals surface area contributed by atoms with Gasteiger partial charge in [0.25, 0.3) is 0 Å². The molecule has 2 aromatic carbocycles. The predicted octanol–water partition coefficient (Wildman–Crippen LogP) is 5.60. The van der Waals surface area contributed by atoms with E-state index in [1.807, 2.05) is 18.2 Å². The average Bonchev–Trinajstić information content (AvgIpc) is 2.50. The molecule has 0 fully saturated rings. The van der Waals surface area contributed by atoms with Crippen LogP contribution in [0.2, 0.25) is 0 Å². The molecule has 2 heteroatoms. The molecule has 0 spiro atoms. The van der Waals surface area contributed by atoms with E-state index >= 15 is 0 Å². The number of nitrogens with one attached hydrogen (secondary N) is 1. The molecule has 0 atom stereocenters. The van der Waals surface area contributed by atoms with Crippen LogP contribution in [-0.2, 0) is 4.79 Å². The lowest BCUT2D eigenvalue weighted by atomic mass is 9.61. The fourth-order valence-corrected chi connectivity index (χ4v) is 3.74. The lowest BCUT2D eigenvalue weighted by molar-refractivity contribution is -0.114. The molecule has 0 unspecified atom stereocenters. The van der Waals surface area contributed by atoms with E-state index < -0.39 is 0 Å². The number of hydrogen-bond donors (Lipinski definition) is 1. The molecule has 24 heavy (non-hydrogen) atoms. The van der Waals surface area contributed by atoms with Gasteiger partial charge in [0.1, 0.15) is 0 Å². The molecule has 2 aromatic rings. The van der Waals surface area contributed by atoms with Crippen molar-refractivity contribution in [3.05, 3.63) is 64.7 Å². The standard InChI is InChI=1S/C22H25NO/c1-14-9-8-11-17(15(14)2)21-19(13-22(21,4)5)18-10-6-7-12-20(18)23-16(3)24/h6-12H,13H2,1-5H3,(H,23,24). The van der Waals surface area contributed by atoms with Crippen LogP contribution >= 0.6 is 0 Å². The van der Waals surface area contributed by atoms with Crippen LogP contribution in [0.25, 0.3) is 11.1 Å². The fourth-order valence-electron chi connectivity index (χ4n) is 3.74. The number of anilines is 1. The number of benzene rings is 2. The summed E-state index contributed by atoms with van der Waals surface area (Å²) in [6.07, 6.45) is 1.02. The van der Waals surface area contributed by atoms with E-state index in [1.165, 1.54) is 27.8 Å². The Kier molecular flexibility index (Phi) is 4.08. The van der Waals surface area contributed by atoms with Gasteiger partial charge in [0, 0.05) is 18.2 Å². The summed E-state index contributed by atoms with van der Waals surface area (Å²) in [4.78, 5) is 11.5. The SMILES string of the molecule is CC(=O)Nc1ccccc1C1=C(c2cccc(C)c2C)C(C)(C)C1. The zero-order chi connectivity index (χ0) is 17.5. The molecular formula is C22H25NO. The summed E-state index contributed by atoms with van der Waals surface area (Å²) in [5.41, 5.74) is 8.93. The summed E-state index contributed by atoms with van der Waals surface area (Å²) in [7, 11) is 0. The first-order chi connectivity index (χ1) is 11.3. The van der Waals surface area contributed by atoms with Crippen LogP contribution in [-0.4, -0.2) is 5.91 Å². The van der Waals surface area contributed by atoms with Crippen LogP contribution in [0.1, 0.15) is 49.4 Å². The number of amides is 1. The van der Waals surface area contributed by atoms with Gasteiger partial charge in [-0.15, -0.1) is 0 Å². The van der Waals surface area contributed by atoms with Crippen LogP contribution in [0.3, 0.4) is 0 Å². The van der Waals surface area contributed by atoms with E-state index in [0.717, 1.165) is 17.7 Å². The van der Waals surface area contributed by atoms with E-state index in [2.05, 4.69) is 57.3 Å². The van der Waals surface area contributed by atoms with Gasteiger partial charge in [-0.05, 0) is 59.6 Å². The molecule has 0 bridgehead atoms. The largest absolute Gasteiger partial charge is 0.326 e. The Hall–Kier alpha value is -2.35. The lowest BCUT2D eigenvalue weighted by Crippen LogP contribution is -2.26. The highest BCUT2D eigenvalue weighted by molar-refractivity contribution is 6.04. The Bertz CT molecular complexity index is 843. The third-order valence-corrected chi connectivity index (χ3v) is 5.03. The fraction of sp³-hybridized carbons (Fsp3) is 0.318. The second-order valence-corrected chi connectivity index (χ2v) is 7.39. The molecule has 2 nitrogen and oxygen atoms in total. The summed E-state index contributed by atoms with van der Waals surface area (Å²) in [5.74, 6) is -0.0325. The van der Waals surface area contributed by atoms with Gasteiger partial charge < -0.3 is 5.32 Å². The van der Waals surface area contributed by atoms with E-state index in [9.17, 15) is 4.79 Å². The van der Waals surface area contributed by atoms with Crippen molar-refractivity contribution in [3.63, 3.8) is 0 Å². The maximum Gasteiger partial charge on any atom is 0.221 e. The lowest BCUT2D eigenvalue weighted by Gasteiger charge is -2.43. The highest BCUT2D eigenvalue weighted by Gasteiger charge is 2.39. The quantitative estimate of drug-likeness (QED) is 0.783. The monoisotopic (exact) mass is 319 g/mol. The minimum Gasteiger partial charge on any atom is -0.326 e. The van der Waals surface area contributed by atoms with Crippen molar-refractivity contribution in [1.29, 1.82) is 0 Å². The van der Waals surface area contributed by atoms with Crippen LogP contribution in [0.15, 0.2) is 42.5 Å². The van der Waals surface area contributed by atoms with Crippen LogP contribution in [0.4, 0.5) is 5.69 Å². The molecule has 0 radical (unpaired) electrons. The van der Waals surface area contributed by atoms with E-state index in [0.29, 0.717) is 0 Å². The second kappa shape index (κ2) is 5.94. The molecule has 1 aliphatic rings. The highest BCUT2D eigenvalue weighted by atomic mass is 16.1. The molecule has 0 aromatic heterocycles. The zero-order valence-corrected chi connectivity index (χ0v) is 15.2. The van der Waals surface area contributed by atoms with Gasteiger partial charge in [-0.3, -0.25) is 4.79 Å².